The summed E-state index contributed by atoms with van der Waals surface area (Å²) in [6.45, 7) is 12.3. The molecule has 3 unspecified atom stereocenters. The van der Waals surface area contributed by atoms with Gasteiger partial charge in [-0.25, -0.2) is 0 Å². The fourth-order valence-electron chi connectivity index (χ4n) is 1.94. The van der Waals surface area contributed by atoms with Crippen molar-refractivity contribution < 1.29 is 4.74 Å². The number of hydrogen-bond acceptors (Lipinski definition) is 2. The molecule has 0 bridgehead atoms. The SMILES string of the molecule is C=CCC(C)C(C)NC1(C)CCOC1. The van der Waals surface area contributed by atoms with Crippen LogP contribution in [0.15, 0.2) is 12.7 Å². The topological polar surface area (TPSA) is 21.3 Å². The third kappa shape index (κ3) is 3.10. The minimum absolute atomic E-state index is 0.189. The van der Waals surface area contributed by atoms with E-state index in [9.17, 15) is 0 Å². The van der Waals surface area contributed by atoms with Crippen LogP contribution in [0.5, 0.6) is 0 Å². The predicted octanol–water partition coefficient (Wildman–Crippen LogP) is 2.36. The van der Waals surface area contributed by atoms with E-state index in [1.54, 1.807) is 0 Å². The van der Waals surface area contributed by atoms with Crippen LogP contribution in [0.3, 0.4) is 0 Å². The summed E-state index contributed by atoms with van der Waals surface area (Å²) in [7, 11) is 0. The second-order valence-corrected chi connectivity index (χ2v) is 4.80. The van der Waals surface area contributed by atoms with E-state index in [4.69, 9.17) is 4.74 Å². The Morgan fingerprint density at radius 3 is 2.79 bits per heavy atom. The van der Waals surface area contributed by atoms with Crippen molar-refractivity contribution in [3.63, 3.8) is 0 Å². The molecule has 14 heavy (non-hydrogen) atoms. The molecule has 3 atom stereocenters. The van der Waals surface area contributed by atoms with Crippen molar-refractivity contribution in [3.05, 3.63) is 12.7 Å². The molecule has 0 spiro atoms. The summed E-state index contributed by atoms with van der Waals surface area (Å²) in [5.74, 6) is 0.643. The van der Waals surface area contributed by atoms with Crippen molar-refractivity contribution >= 4 is 0 Å². The highest BCUT2D eigenvalue weighted by Gasteiger charge is 2.31. The van der Waals surface area contributed by atoms with Crippen molar-refractivity contribution in [2.24, 2.45) is 5.92 Å². The van der Waals surface area contributed by atoms with Crippen LogP contribution in [-0.4, -0.2) is 24.8 Å². The van der Waals surface area contributed by atoms with E-state index in [0.29, 0.717) is 12.0 Å². The van der Waals surface area contributed by atoms with Gasteiger partial charge in [-0.3, -0.25) is 0 Å². The summed E-state index contributed by atoms with van der Waals surface area (Å²) in [5, 5.41) is 3.67. The molecule has 0 aliphatic carbocycles. The van der Waals surface area contributed by atoms with Crippen molar-refractivity contribution in [2.75, 3.05) is 13.2 Å². The van der Waals surface area contributed by atoms with Gasteiger partial charge in [-0.1, -0.05) is 13.0 Å². The summed E-state index contributed by atoms with van der Waals surface area (Å²) in [4.78, 5) is 0. The van der Waals surface area contributed by atoms with Crippen molar-refractivity contribution in [2.45, 2.75) is 45.2 Å². The third-order valence-corrected chi connectivity index (χ3v) is 3.19. The smallest absolute Gasteiger partial charge is 0.0646 e. The molecule has 1 fully saturated rings. The normalized spacial score (nSPS) is 31.4. The summed E-state index contributed by atoms with van der Waals surface area (Å²) < 4.78 is 5.42. The molecule has 1 heterocycles. The van der Waals surface area contributed by atoms with E-state index < -0.39 is 0 Å². The lowest BCUT2D eigenvalue weighted by molar-refractivity contribution is 0.163. The Balaban J connectivity index is 2.38. The number of allylic oxidation sites excluding steroid dienone is 1. The Kier molecular flexibility index (Phi) is 4.14. The highest BCUT2D eigenvalue weighted by atomic mass is 16.5. The van der Waals surface area contributed by atoms with Gasteiger partial charge in [-0.2, -0.15) is 0 Å². The van der Waals surface area contributed by atoms with Crippen LogP contribution in [0.1, 0.15) is 33.6 Å². The average Bonchev–Trinajstić information content (AvgIpc) is 2.52. The third-order valence-electron chi connectivity index (χ3n) is 3.19. The molecule has 1 saturated heterocycles. The zero-order valence-corrected chi connectivity index (χ0v) is 9.68. The Morgan fingerprint density at radius 1 is 1.57 bits per heavy atom. The molecule has 0 aromatic carbocycles. The summed E-state index contributed by atoms with van der Waals surface area (Å²) in [5.41, 5.74) is 0.189. The number of nitrogens with one attached hydrogen (secondary N) is 1. The predicted molar refractivity (Wildman–Crippen MR) is 60.4 cm³/mol. The van der Waals surface area contributed by atoms with Gasteiger partial charge in [0.1, 0.15) is 0 Å². The van der Waals surface area contributed by atoms with Gasteiger partial charge in [0.05, 0.1) is 6.61 Å². The molecule has 1 rings (SSSR count). The minimum Gasteiger partial charge on any atom is -0.379 e. The maximum Gasteiger partial charge on any atom is 0.0646 e. The van der Waals surface area contributed by atoms with Crippen LogP contribution < -0.4 is 5.32 Å². The van der Waals surface area contributed by atoms with E-state index in [2.05, 4.69) is 32.7 Å². The Hall–Kier alpha value is -0.340. The molecule has 0 aromatic rings. The Bertz CT molecular complexity index is 185. The van der Waals surface area contributed by atoms with Gasteiger partial charge < -0.3 is 10.1 Å². The first kappa shape index (κ1) is 11.7. The molecule has 2 nitrogen and oxygen atoms in total. The van der Waals surface area contributed by atoms with Gasteiger partial charge in [-0.05, 0) is 32.6 Å². The zero-order chi connectivity index (χ0) is 10.6. The molecule has 0 saturated carbocycles. The average molecular weight is 197 g/mol. The molecule has 0 radical (unpaired) electrons. The second-order valence-electron chi connectivity index (χ2n) is 4.80. The van der Waals surface area contributed by atoms with Crippen molar-refractivity contribution in [1.82, 2.24) is 5.32 Å². The highest BCUT2D eigenvalue weighted by molar-refractivity contribution is 4.90. The van der Waals surface area contributed by atoms with Gasteiger partial charge in [0.15, 0.2) is 0 Å². The van der Waals surface area contributed by atoms with Crippen molar-refractivity contribution in [3.8, 4) is 0 Å². The Morgan fingerprint density at radius 2 is 2.29 bits per heavy atom. The number of rotatable bonds is 5. The summed E-state index contributed by atoms with van der Waals surface area (Å²) in [6, 6.07) is 0.528. The van der Waals surface area contributed by atoms with Gasteiger partial charge in [-0.15, -0.1) is 6.58 Å². The monoisotopic (exact) mass is 197 g/mol. The molecule has 1 N–H and O–H groups in total. The van der Waals surface area contributed by atoms with Crippen LogP contribution >= 0.6 is 0 Å². The number of ether oxygens (including phenoxy) is 1. The molecular formula is C12H23NO. The van der Waals surface area contributed by atoms with E-state index in [0.717, 1.165) is 26.1 Å². The van der Waals surface area contributed by atoms with Gasteiger partial charge in [0.2, 0.25) is 0 Å². The lowest BCUT2D eigenvalue weighted by Gasteiger charge is -2.31. The fraction of sp³-hybridized carbons (Fsp3) is 0.833. The first-order valence-corrected chi connectivity index (χ1v) is 5.54. The maximum atomic E-state index is 5.42. The van der Waals surface area contributed by atoms with Crippen molar-refractivity contribution in [1.29, 1.82) is 0 Å². The summed E-state index contributed by atoms with van der Waals surface area (Å²) >= 11 is 0. The van der Waals surface area contributed by atoms with Gasteiger partial charge >= 0.3 is 0 Å². The quantitative estimate of drug-likeness (QED) is 0.683. The largest absolute Gasteiger partial charge is 0.379 e. The highest BCUT2D eigenvalue weighted by Crippen LogP contribution is 2.20. The Labute approximate surface area is 87.7 Å². The van der Waals surface area contributed by atoms with Crippen LogP contribution in [0, 0.1) is 5.92 Å². The lowest BCUT2D eigenvalue weighted by atomic mass is 9.94. The van der Waals surface area contributed by atoms with Crippen LogP contribution in [-0.2, 0) is 4.74 Å². The zero-order valence-electron chi connectivity index (χ0n) is 9.68. The number of hydrogen-bond donors (Lipinski definition) is 1. The molecule has 82 valence electrons. The van der Waals surface area contributed by atoms with E-state index >= 15 is 0 Å². The molecule has 0 aromatic heterocycles. The van der Waals surface area contributed by atoms with Gasteiger partial charge in [0, 0.05) is 18.2 Å². The maximum absolute atomic E-state index is 5.42. The molecule has 2 heteroatoms. The van der Waals surface area contributed by atoms with E-state index in [-0.39, 0.29) is 5.54 Å². The van der Waals surface area contributed by atoms with Gasteiger partial charge in [0.25, 0.3) is 0 Å². The second kappa shape index (κ2) is 4.94. The van der Waals surface area contributed by atoms with Crippen LogP contribution in [0.2, 0.25) is 0 Å². The molecule has 0 amide bonds. The van der Waals surface area contributed by atoms with E-state index in [1.165, 1.54) is 0 Å². The minimum atomic E-state index is 0.189. The fourth-order valence-corrected chi connectivity index (χ4v) is 1.94. The molecule has 1 aliphatic rings. The first-order valence-electron chi connectivity index (χ1n) is 5.54. The standard InChI is InChI=1S/C12H23NO/c1-5-6-10(2)11(3)13-12(4)7-8-14-9-12/h5,10-11,13H,1,6-9H2,2-4H3. The van der Waals surface area contributed by atoms with Crippen LogP contribution in [0.25, 0.3) is 0 Å². The molecule has 1 aliphatic heterocycles. The summed E-state index contributed by atoms with van der Waals surface area (Å²) in [6.07, 6.45) is 4.19. The first-order chi connectivity index (χ1) is 6.57. The lowest BCUT2D eigenvalue weighted by Crippen LogP contribution is -2.49. The molecular weight excluding hydrogens is 174 g/mol. The van der Waals surface area contributed by atoms with E-state index in [1.807, 2.05) is 6.08 Å². The van der Waals surface area contributed by atoms with Crippen LogP contribution in [0.4, 0.5) is 0 Å².